The Labute approximate surface area is 104 Å². The van der Waals surface area contributed by atoms with Gasteiger partial charge in [-0.05, 0) is 37.5 Å². The summed E-state index contributed by atoms with van der Waals surface area (Å²) in [7, 11) is 0. The maximum absolute atomic E-state index is 2.27. The van der Waals surface area contributed by atoms with E-state index in [4.69, 9.17) is 0 Å². The number of aromatic nitrogens is 1. The number of pyridine rings is 1. The first-order valence-electron chi connectivity index (χ1n) is 6.17. The van der Waals surface area contributed by atoms with Crippen LogP contribution in [0.25, 0.3) is 0 Å². The van der Waals surface area contributed by atoms with Gasteiger partial charge in [-0.15, -0.1) is 0 Å². The lowest BCUT2D eigenvalue weighted by Crippen LogP contribution is -2.34. The Morgan fingerprint density at radius 1 is 0.882 bits per heavy atom. The SMILES string of the molecule is Cc1cc[n+](CCc2ccccc2C)cc1C. The van der Waals surface area contributed by atoms with Crippen molar-refractivity contribution in [2.45, 2.75) is 33.7 Å². The summed E-state index contributed by atoms with van der Waals surface area (Å²) >= 11 is 0. The number of hydrogen-bond donors (Lipinski definition) is 0. The van der Waals surface area contributed by atoms with Crippen molar-refractivity contribution in [3.8, 4) is 0 Å². The maximum atomic E-state index is 2.27. The Bertz CT molecular complexity index is 515. The van der Waals surface area contributed by atoms with Crippen molar-refractivity contribution in [1.82, 2.24) is 0 Å². The van der Waals surface area contributed by atoms with Gasteiger partial charge in [-0.1, -0.05) is 24.3 Å². The van der Waals surface area contributed by atoms with E-state index >= 15 is 0 Å². The van der Waals surface area contributed by atoms with Crippen molar-refractivity contribution in [2.75, 3.05) is 0 Å². The van der Waals surface area contributed by atoms with Gasteiger partial charge >= 0.3 is 0 Å². The lowest BCUT2D eigenvalue weighted by Gasteiger charge is -2.04. The van der Waals surface area contributed by atoms with Crippen molar-refractivity contribution in [2.24, 2.45) is 0 Å². The van der Waals surface area contributed by atoms with E-state index in [9.17, 15) is 0 Å². The van der Waals surface area contributed by atoms with Gasteiger partial charge < -0.3 is 0 Å². The molecule has 1 heteroatoms. The van der Waals surface area contributed by atoms with Crippen molar-refractivity contribution >= 4 is 0 Å². The summed E-state index contributed by atoms with van der Waals surface area (Å²) in [5.74, 6) is 0. The lowest BCUT2D eigenvalue weighted by atomic mass is 10.1. The highest BCUT2D eigenvalue weighted by molar-refractivity contribution is 5.25. The van der Waals surface area contributed by atoms with Gasteiger partial charge in [-0.3, -0.25) is 0 Å². The molecule has 1 heterocycles. The molecule has 0 bridgehead atoms. The minimum atomic E-state index is 1.05. The molecular formula is C16H20N+. The molecule has 0 saturated carbocycles. The first kappa shape index (κ1) is 11.8. The molecule has 0 atom stereocenters. The monoisotopic (exact) mass is 226 g/mol. The van der Waals surface area contributed by atoms with Gasteiger partial charge in [0.2, 0.25) is 0 Å². The van der Waals surface area contributed by atoms with E-state index in [2.05, 4.69) is 68.1 Å². The van der Waals surface area contributed by atoms with Crippen LogP contribution in [-0.4, -0.2) is 0 Å². The van der Waals surface area contributed by atoms with Crippen LogP contribution in [0.1, 0.15) is 22.3 Å². The molecule has 0 amide bonds. The average Bonchev–Trinajstić information content (AvgIpc) is 2.32. The summed E-state index contributed by atoms with van der Waals surface area (Å²) in [4.78, 5) is 0. The van der Waals surface area contributed by atoms with Gasteiger partial charge in [0, 0.05) is 18.1 Å². The summed E-state index contributed by atoms with van der Waals surface area (Å²) in [6.07, 6.45) is 5.49. The van der Waals surface area contributed by atoms with Gasteiger partial charge in [-0.2, -0.15) is 0 Å². The third kappa shape index (κ3) is 2.94. The maximum Gasteiger partial charge on any atom is 0.171 e. The van der Waals surface area contributed by atoms with Gasteiger partial charge in [0.15, 0.2) is 18.9 Å². The zero-order valence-electron chi connectivity index (χ0n) is 10.9. The molecule has 1 aromatic heterocycles. The van der Waals surface area contributed by atoms with E-state index in [1.54, 1.807) is 0 Å². The molecule has 0 aliphatic carbocycles. The predicted molar refractivity (Wildman–Crippen MR) is 71.0 cm³/mol. The second-order valence-electron chi connectivity index (χ2n) is 4.73. The van der Waals surface area contributed by atoms with Crippen molar-refractivity contribution in [3.05, 3.63) is 65.0 Å². The van der Waals surface area contributed by atoms with E-state index in [0.29, 0.717) is 0 Å². The van der Waals surface area contributed by atoms with E-state index in [0.717, 1.165) is 13.0 Å². The van der Waals surface area contributed by atoms with Gasteiger partial charge in [0.1, 0.15) is 0 Å². The van der Waals surface area contributed by atoms with E-state index in [-0.39, 0.29) is 0 Å². The quantitative estimate of drug-likeness (QED) is 0.708. The molecule has 0 N–H and O–H groups in total. The zero-order chi connectivity index (χ0) is 12.3. The zero-order valence-corrected chi connectivity index (χ0v) is 10.9. The molecule has 0 aliphatic heterocycles. The molecule has 0 fully saturated rings. The van der Waals surface area contributed by atoms with Gasteiger partial charge in [0.25, 0.3) is 0 Å². The topological polar surface area (TPSA) is 3.88 Å². The van der Waals surface area contributed by atoms with Crippen LogP contribution in [0.5, 0.6) is 0 Å². The number of nitrogens with zero attached hydrogens (tertiary/aromatic N) is 1. The van der Waals surface area contributed by atoms with Crippen LogP contribution in [-0.2, 0) is 13.0 Å². The van der Waals surface area contributed by atoms with Crippen LogP contribution >= 0.6 is 0 Å². The molecule has 1 aromatic carbocycles. The van der Waals surface area contributed by atoms with Crippen molar-refractivity contribution in [3.63, 3.8) is 0 Å². The molecule has 0 saturated heterocycles. The standard InChI is InChI=1S/C16H20N/c1-13-8-10-17(12-15(13)3)11-9-16-7-5-4-6-14(16)2/h4-8,10,12H,9,11H2,1-3H3/q+1. The van der Waals surface area contributed by atoms with Gasteiger partial charge in [0.05, 0.1) is 0 Å². The Morgan fingerprint density at radius 2 is 1.65 bits per heavy atom. The molecule has 0 spiro atoms. The van der Waals surface area contributed by atoms with Crippen LogP contribution in [0.2, 0.25) is 0 Å². The second-order valence-corrected chi connectivity index (χ2v) is 4.73. The molecule has 1 nitrogen and oxygen atoms in total. The van der Waals surface area contributed by atoms with E-state index < -0.39 is 0 Å². The number of rotatable bonds is 3. The van der Waals surface area contributed by atoms with Crippen LogP contribution in [0, 0.1) is 20.8 Å². The average molecular weight is 226 g/mol. The lowest BCUT2D eigenvalue weighted by molar-refractivity contribution is -0.696. The molecule has 17 heavy (non-hydrogen) atoms. The fourth-order valence-electron chi connectivity index (χ4n) is 2.01. The first-order valence-corrected chi connectivity index (χ1v) is 6.17. The summed E-state index contributed by atoms with van der Waals surface area (Å²) in [5, 5.41) is 0. The number of hydrogen-bond acceptors (Lipinski definition) is 0. The fourth-order valence-corrected chi connectivity index (χ4v) is 2.01. The number of aryl methyl sites for hydroxylation is 5. The normalized spacial score (nSPS) is 10.5. The van der Waals surface area contributed by atoms with Crippen molar-refractivity contribution in [1.29, 1.82) is 0 Å². The first-order chi connectivity index (χ1) is 8.16. The minimum Gasteiger partial charge on any atom is -0.204 e. The highest BCUT2D eigenvalue weighted by atomic mass is 14.9. The molecule has 2 aromatic rings. The van der Waals surface area contributed by atoms with Gasteiger partial charge in [-0.25, -0.2) is 4.57 Å². The van der Waals surface area contributed by atoms with E-state index in [1.165, 1.54) is 22.3 Å². The highest BCUT2D eigenvalue weighted by Gasteiger charge is 2.04. The van der Waals surface area contributed by atoms with Crippen molar-refractivity contribution < 1.29 is 4.57 Å². The minimum absolute atomic E-state index is 1.05. The summed E-state index contributed by atoms with van der Waals surface area (Å²) in [6.45, 7) is 7.55. The molecule has 2 rings (SSSR count). The fraction of sp³-hybridized carbons (Fsp3) is 0.312. The largest absolute Gasteiger partial charge is 0.204 e. The third-order valence-electron chi connectivity index (χ3n) is 3.40. The smallest absolute Gasteiger partial charge is 0.171 e. The van der Waals surface area contributed by atoms with Crippen LogP contribution in [0.4, 0.5) is 0 Å². The van der Waals surface area contributed by atoms with Crippen LogP contribution < -0.4 is 4.57 Å². The predicted octanol–water partition coefficient (Wildman–Crippen LogP) is 3.14. The Hall–Kier alpha value is -1.63. The molecule has 0 aliphatic rings. The Morgan fingerprint density at radius 3 is 2.35 bits per heavy atom. The molecule has 88 valence electrons. The Balaban J connectivity index is 2.08. The second kappa shape index (κ2) is 5.13. The summed E-state index contributed by atoms with van der Waals surface area (Å²) in [5.41, 5.74) is 5.55. The Kier molecular flexibility index (Phi) is 3.58. The third-order valence-corrected chi connectivity index (χ3v) is 3.40. The number of benzene rings is 1. The molecule has 0 unspecified atom stereocenters. The molecular weight excluding hydrogens is 206 g/mol. The van der Waals surface area contributed by atoms with Crippen LogP contribution in [0.15, 0.2) is 42.7 Å². The highest BCUT2D eigenvalue weighted by Crippen LogP contribution is 2.07. The molecule has 0 radical (unpaired) electrons. The summed E-state index contributed by atoms with van der Waals surface area (Å²) in [6, 6.07) is 10.8. The summed E-state index contributed by atoms with van der Waals surface area (Å²) < 4.78 is 2.27. The van der Waals surface area contributed by atoms with Crippen LogP contribution in [0.3, 0.4) is 0 Å². The van der Waals surface area contributed by atoms with E-state index in [1.807, 2.05) is 0 Å².